The van der Waals surface area contributed by atoms with Crippen LogP contribution in [0.5, 0.6) is 0 Å². The molecule has 1 atom stereocenters. The van der Waals surface area contributed by atoms with Gasteiger partial charge in [0.1, 0.15) is 0 Å². The van der Waals surface area contributed by atoms with Crippen LogP contribution in [-0.4, -0.2) is 35.0 Å². The summed E-state index contributed by atoms with van der Waals surface area (Å²) in [5.74, 6) is -0.497. The molecule has 0 aromatic heterocycles. The summed E-state index contributed by atoms with van der Waals surface area (Å²) < 4.78 is 0. The molecule has 1 aromatic carbocycles. The summed E-state index contributed by atoms with van der Waals surface area (Å²) >= 11 is 0. The number of carbonyl (C=O) groups is 2. The maximum Gasteiger partial charge on any atom is 0.305 e. The molecule has 0 aliphatic carbocycles. The number of aliphatic carboxylic acids is 1. The van der Waals surface area contributed by atoms with Crippen LogP contribution in [0.3, 0.4) is 0 Å². The molecule has 0 saturated carbocycles. The van der Waals surface area contributed by atoms with Gasteiger partial charge < -0.3 is 10.0 Å². The minimum absolute atomic E-state index is 0.00776. The molecule has 0 saturated heterocycles. The van der Waals surface area contributed by atoms with Crippen LogP contribution in [0.25, 0.3) is 0 Å². The van der Waals surface area contributed by atoms with Crippen molar-refractivity contribution in [3.8, 4) is 0 Å². The smallest absolute Gasteiger partial charge is 0.305 e. The van der Waals surface area contributed by atoms with Gasteiger partial charge in [0.05, 0.1) is 6.42 Å². The number of hydrogen-bond donors (Lipinski definition) is 1. The lowest BCUT2D eigenvalue weighted by Crippen LogP contribution is -2.32. The lowest BCUT2D eigenvalue weighted by Gasteiger charge is -2.21. The number of carboxylic acid groups (broad SMARTS) is 1. The summed E-state index contributed by atoms with van der Waals surface area (Å²) in [4.78, 5) is 24.2. The lowest BCUT2D eigenvalue weighted by atomic mass is 9.96. The summed E-state index contributed by atoms with van der Waals surface area (Å²) in [7, 11) is 0. The lowest BCUT2D eigenvalue weighted by molar-refractivity contribution is -0.138. The molecule has 1 amide bonds. The van der Waals surface area contributed by atoms with Crippen molar-refractivity contribution < 1.29 is 14.7 Å². The highest BCUT2D eigenvalue weighted by Crippen LogP contribution is 2.20. The fourth-order valence-corrected chi connectivity index (χ4v) is 2.14. The summed E-state index contributed by atoms with van der Waals surface area (Å²) in [6.45, 7) is 4.84. The van der Waals surface area contributed by atoms with Crippen LogP contribution >= 0.6 is 0 Å². The summed E-state index contributed by atoms with van der Waals surface area (Å²) in [5, 5.41) is 8.67. The molecule has 0 aliphatic rings. The van der Waals surface area contributed by atoms with Crippen LogP contribution < -0.4 is 0 Å². The van der Waals surface area contributed by atoms with Gasteiger partial charge in [0.25, 0.3) is 0 Å². The zero-order valence-electron chi connectivity index (χ0n) is 12.2. The molecule has 0 fully saturated rings. The van der Waals surface area contributed by atoms with Gasteiger partial charge >= 0.3 is 5.97 Å². The van der Waals surface area contributed by atoms with Crippen molar-refractivity contribution in [1.82, 2.24) is 4.90 Å². The van der Waals surface area contributed by atoms with Crippen molar-refractivity contribution in [2.45, 2.75) is 39.0 Å². The maximum atomic E-state index is 12.1. The van der Waals surface area contributed by atoms with Crippen LogP contribution in [0.15, 0.2) is 30.3 Å². The van der Waals surface area contributed by atoms with Crippen LogP contribution in [0.1, 0.15) is 44.6 Å². The molecule has 20 heavy (non-hydrogen) atoms. The van der Waals surface area contributed by atoms with Crippen LogP contribution in [0, 0.1) is 0 Å². The number of nitrogens with zero attached hydrogens (tertiary/aromatic N) is 1. The minimum atomic E-state index is -0.867. The number of carboxylic acids is 1. The molecular formula is C16H23NO3. The topological polar surface area (TPSA) is 57.6 Å². The normalized spacial score (nSPS) is 11.9. The second-order valence-electron chi connectivity index (χ2n) is 4.97. The third-order valence-corrected chi connectivity index (χ3v) is 3.49. The number of amides is 1. The Morgan fingerprint density at radius 1 is 1.20 bits per heavy atom. The van der Waals surface area contributed by atoms with Crippen LogP contribution in [0.4, 0.5) is 0 Å². The van der Waals surface area contributed by atoms with E-state index in [1.165, 1.54) is 5.56 Å². The van der Waals surface area contributed by atoms with E-state index in [1.807, 2.05) is 25.1 Å². The molecule has 4 nitrogen and oxygen atoms in total. The SMILES string of the molecule is CCN(CCC(=O)O)C(=O)CCC(C)c1ccccc1. The number of rotatable bonds is 8. The van der Waals surface area contributed by atoms with E-state index in [9.17, 15) is 9.59 Å². The Kier molecular flexibility index (Phi) is 6.77. The van der Waals surface area contributed by atoms with Crippen molar-refractivity contribution in [2.75, 3.05) is 13.1 Å². The largest absolute Gasteiger partial charge is 0.481 e. The van der Waals surface area contributed by atoms with E-state index >= 15 is 0 Å². The summed E-state index contributed by atoms with van der Waals surface area (Å²) in [6.07, 6.45) is 1.25. The Bertz CT molecular complexity index is 431. The summed E-state index contributed by atoms with van der Waals surface area (Å²) in [5.41, 5.74) is 1.23. The van der Waals surface area contributed by atoms with Crippen molar-refractivity contribution in [1.29, 1.82) is 0 Å². The Hall–Kier alpha value is -1.84. The standard InChI is InChI=1S/C16H23NO3/c1-3-17(12-11-16(19)20)15(18)10-9-13(2)14-7-5-4-6-8-14/h4-8,13H,3,9-12H2,1-2H3,(H,19,20). The predicted molar refractivity (Wildman–Crippen MR) is 78.6 cm³/mol. The van der Waals surface area contributed by atoms with E-state index < -0.39 is 5.97 Å². The van der Waals surface area contributed by atoms with Gasteiger partial charge in [-0.25, -0.2) is 0 Å². The first-order valence-corrected chi connectivity index (χ1v) is 7.09. The Labute approximate surface area is 120 Å². The van der Waals surface area contributed by atoms with E-state index in [0.29, 0.717) is 25.4 Å². The van der Waals surface area contributed by atoms with Crippen LogP contribution in [0.2, 0.25) is 0 Å². The highest BCUT2D eigenvalue weighted by atomic mass is 16.4. The van der Waals surface area contributed by atoms with Gasteiger partial charge in [-0.1, -0.05) is 37.3 Å². The van der Waals surface area contributed by atoms with Gasteiger partial charge in [0.15, 0.2) is 0 Å². The monoisotopic (exact) mass is 277 g/mol. The molecule has 4 heteroatoms. The average Bonchev–Trinajstić information content (AvgIpc) is 2.46. The molecule has 1 N–H and O–H groups in total. The third kappa shape index (κ3) is 5.43. The van der Waals surface area contributed by atoms with Crippen molar-refractivity contribution in [3.63, 3.8) is 0 Å². The molecular weight excluding hydrogens is 254 g/mol. The van der Waals surface area contributed by atoms with Gasteiger partial charge in [-0.15, -0.1) is 0 Å². The van der Waals surface area contributed by atoms with E-state index in [4.69, 9.17) is 5.11 Å². The van der Waals surface area contributed by atoms with Gasteiger partial charge in [0.2, 0.25) is 5.91 Å². The van der Waals surface area contributed by atoms with Crippen LogP contribution in [-0.2, 0) is 9.59 Å². The fourth-order valence-electron chi connectivity index (χ4n) is 2.14. The third-order valence-electron chi connectivity index (χ3n) is 3.49. The van der Waals surface area contributed by atoms with Gasteiger partial charge in [-0.3, -0.25) is 9.59 Å². The minimum Gasteiger partial charge on any atom is -0.481 e. The summed E-state index contributed by atoms with van der Waals surface area (Å²) in [6, 6.07) is 10.1. The average molecular weight is 277 g/mol. The van der Waals surface area contributed by atoms with Gasteiger partial charge in [-0.2, -0.15) is 0 Å². The van der Waals surface area contributed by atoms with Gasteiger partial charge in [-0.05, 0) is 24.8 Å². The fraction of sp³-hybridized carbons (Fsp3) is 0.500. The molecule has 0 aliphatic heterocycles. The molecule has 1 unspecified atom stereocenters. The zero-order valence-corrected chi connectivity index (χ0v) is 12.2. The first kappa shape index (κ1) is 16.2. The van der Waals surface area contributed by atoms with E-state index in [-0.39, 0.29) is 12.3 Å². The predicted octanol–water partition coefficient (Wildman–Crippen LogP) is 2.89. The number of benzene rings is 1. The second kappa shape index (κ2) is 8.35. The molecule has 0 heterocycles. The first-order chi connectivity index (χ1) is 9.54. The Morgan fingerprint density at radius 3 is 2.40 bits per heavy atom. The quantitative estimate of drug-likeness (QED) is 0.795. The molecule has 1 aromatic rings. The van der Waals surface area contributed by atoms with Crippen molar-refractivity contribution in [3.05, 3.63) is 35.9 Å². The second-order valence-corrected chi connectivity index (χ2v) is 4.97. The highest BCUT2D eigenvalue weighted by Gasteiger charge is 2.14. The van der Waals surface area contributed by atoms with E-state index in [1.54, 1.807) is 4.90 Å². The maximum absolute atomic E-state index is 12.1. The van der Waals surface area contributed by atoms with E-state index in [2.05, 4.69) is 19.1 Å². The molecule has 0 radical (unpaired) electrons. The number of hydrogen-bond acceptors (Lipinski definition) is 2. The molecule has 0 spiro atoms. The first-order valence-electron chi connectivity index (χ1n) is 7.09. The van der Waals surface area contributed by atoms with Crippen molar-refractivity contribution >= 4 is 11.9 Å². The van der Waals surface area contributed by atoms with Gasteiger partial charge in [0, 0.05) is 19.5 Å². The van der Waals surface area contributed by atoms with Crippen molar-refractivity contribution in [2.24, 2.45) is 0 Å². The molecule has 0 bridgehead atoms. The van der Waals surface area contributed by atoms with E-state index in [0.717, 1.165) is 6.42 Å². The number of carbonyl (C=O) groups excluding carboxylic acids is 1. The zero-order chi connectivity index (χ0) is 15.0. The molecule has 1 rings (SSSR count). The highest BCUT2D eigenvalue weighted by molar-refractivity contribution is 5.77. The Morgan fingerprint density at radius 2 is 1.85 bits per heavy atom. The molecule has 110 valence electrons. The Balaban J connectivity index is 2.43.